The fraction of sp³-hybridized carbons (Fsp3) is 0.538. The summed E-state index contributed by atoms with van der Waals surface area (Å²) in [5, 5.41) is 38.6. The standard InChI is InChI=1S/C13H19O8P/c14-10-6-20-13(17,12(16)11(10)15)8-21-22(18,19)7-9-4-2-1-3-5-9/h1-5,10-12,14-17H,6-8H2,(H,18,19). The van der Waals surface area contributed by atoms with Crippen LogP contribution in [0.1, 0.15) is 5.56 Å². The minimum Gasteiger partial charge on any atom is -0.388 e. The summed E-state index contributed by atoms with van der Waals surface area (Å²) in [5.41, 5.74) is 0.570. The van der Waals surface area contributed by atoms with E-state index in [1.54, 1.807) is 30.3 Å². The lowest BCUT2D eigenvalue weighted by molar-refractivity contribution is -0.329. The van der Waals surface area contributed by atoms with Gasteiger partial charge < -0.3 is 34.6 Å². The van der Waals surface area contributed by atoms with E-state index in [-0.39, 0.29) is 6.16 Å². The van der Waals surface area contributed by atoms with E-state index in [4.69, 9.17) is 9.26 Å². The fourth-order valence-electron chi connectivity index (χ4n) is 2.07. The van der Waals surface area contributed by atoms with Gasteiger partial charge in [-0.1, -0.05) is 30.3 Å². The molecule has 0 saturated carbocycles. The highest BCUT2D eigenvalue weighted by molar-refractivity contribution is 7.51. The number of ether oxygens (including phenoxy) is 1. The molecule has 5 N–H and O–H groups in total. The third kappa shape index (κ3) is 4.13. The zero-order valence-corrected chi connectivity index (χ0v) is 12.5. The quantitative estimate of drug-likeness (QED) is 0.441. The van der Waals surface area contributed by atoms with Gasteiger partial charge in [-0.15, -0.1) is 0 Å². The summed E-state index contributed by atoms with van der Waals surface area (Å²) < 4.78 is 21.7. The van der Waals surface area contributed by atoms with Crippen LogP contribution in [0.3, 0.4) is 0 Å². The van der Waals surface area contributed by atoms with Crippen LogP contribution in [0.5, 0.6) is 0 Å². The maximum absolute atomic E-state index is 12.0. The minimum atomic E-state index is -4.08. The lowest BCUT2D eigenvalue weighted by Crippen LogP contribution is -2.62. The van der Waals surface area contributed by atoms with Crippen LogP contribution in [0, 0.1) is 0 Å². The Morgan fingerprint density at radius 1 is 1.27 bits per heavy atom. The van der Waals surface area contributed by atoms with Crippen LogP contribution in [0.25, 0.3) is 0 Å². The molecule has 22 heavy (non-hydrogen) atoms. The number of benzene rings is 1. The Morgan fingerprint density at radius 3 is 2.55 bits per heavy atom. The molecule has 1 aliphatic rings. The molecule has 1 heterocycles. The molecule has 9 heteroatoms. The number of hydrogen-bond acceptors (Lipinski definition) is 7. The Balaban J connectivity index is 1.97. The summed E-state index contributed by atoms with van der Waals surface area (Å²) >= 11 is 0. The second-order valence-electron chi connectivity index (χ2n) is 5.21. The van der Waals surface area contributed by atoms with Gasteiger partial charge >= 0.3 is 7.60 Å². The third-order valence-electron chi connectivity index (χ3n) is 3.38. The van der Waals surface area contributed by atoms with Crippen molar-refractivity contribution >= 4 is 7.60 Å². The Bertz CT molecular complexity index is 538. The van der Waals surface area contributed by atoms with Crippen LogP contribution in [-0.2, 0) is 20.0 Å². The average Bonchev–Trinajstić information content (AvgIpc) is 2.48. The van der Waals surface area contributed by atoms with Crippen molar-refractivity contribution in [3.05, 3.63) is 35.9 Å². The molecule has 0 aliphatic carbocycles. The molecule has 1 aromatic carbocycles. The zero-order valence-electron chi connectivity index (χ0n) is 11.6. The Labute approximate surface area is 127 Å². The van der Waals surface area contributed by atoms with E-state index < -0.39 is 44.9 Å². The molecule has 0 amide bonds. The molecule has 1 saturated heterocycles. The van der Waals surface area contributed by atoms with Crippen LogP contribution >= 0.6 is 7.60 Å². The molecule has 2 rings (SSSR count). The van der Waals surface area contributed by atoms with E-state index in [2.05, 4.69) is 0 Å². The molecule has 0 bridgehead atoms. The number of aliphatic hydroxyl groups excluding tert-OH is 3. The van der Waals surface area contributed by atoms with Crippen LogP contribution in [-0.4, -0.2) is 62.6 Å². The van der Waals surface area contributed by atoms with Gasteiger partial charge in [0.05, 0.1) is 12.8 Å². The molecule has 0 radical (unpaired) electrons. The van der Waals surface area contributed by atoms with E-state index in [0.29, 0.717) is 5.56 Å². The van der Waals surface area contributed by atoms with Crippen molar-refractivity contribution in [1.29, 1.82) is 0 Å². The summed E-state index contributed by atoms with van der Waals surface area (Å²) in [6.45, 7) is -1.26. The number of aliphatic hydroxyl groups is 4. The normalized spacial score (nSPS) is 35.0. The summed E-state index contributed by atoms with van der Waals surface area (Å²) in [5.74, 6) is -2.37. The van der Waals surface area contributed by atoms with E-state index in [1.165, 1.54) is 0 Å². The molecule has 5 atom stereocenters. The van der Waals surface area contributed by atoms with Crippen LogP contribution in [0.2, 0.25) is 0 Å². The largest absolute Gasteiger partial charge is 0.388 e. The first kappa shape index (κ1) is 17.5. The third-order valence-corrected chi connectivity index (χ3v) is 4.68. The predicted molar refractivity (Wildman–Crippen MR) is 74.8 cm³/mol. The Hall–Kier alpha value is -0.830. The molecule has 5 unspecified atom stereocenters. The molecular weight excluding hydrogens is 315 g/mol. The van der Waals surface area contributed by atoms with Gasteiger partial charge in [0, 0.05) is 0 Å². The highest BCUT2D eigenvalue weighted by atomic mass is 31.2. The first-order valence-corrected chi connectivity index (χ1v) is 8.41. The molecule has 1 aromatic rings. The van der Waals surface area contributed by atoms with E-state index in [0.717, 1.165) is 0 Å². The van der Waals surface area contributed by atoms with E-state index in [9.17, 15) is 29.9 Å². The Morgan fingerprint density at radius 2 is 1.91 bits per heavy atom. The lowest BCUT2D eigenvalue weighted by atomic mass is 9.98. The van der Waals surface area contributed by atoms with Gasteiger partial charge in [-0.3, -0.25) is 4.57 Å². The van der Waals surface area contributed by atoms with Gasteiger partial charge in [0.2, 0.25) is 5.79 Å². The van der Waals surface area contributed by atoms with Gasteiger partial charge in [-0.05, 0) is 5.56 Å². The summed E-state index contributed by atoms with van der Waals surface area (Å²) in [6.07, 6.45) is -5.14. The van der Waals surface area contributed by atoms with Gasteiger partial charge in [0.25, 0.3) is 0 Å². The second-order valence-corrected chi connectivity index (χ2v) is 7.06. The first-order chi connectivity index (χ1) is 10.2. The fourth-order valence-corrected chi connectivity index (χ4v) is 3.22. The molecule has 1 fully saturated rings. The summed E-state index contributed by atoms with van der Waals surface area (Å²) in [7, 11) is -4.08. The predicted octanol–water partition coefficient (Wildman–Crippen LogP) is -0.810. The maximum Gasteiger partial charge on any atom is 0.332 e. The molecule has 124 valence electrons. The van der Waals surface area contributed by atoms with Crippen molar-refractivity contribution in [2.75, 3.05) is 13.2 Å². The van der Waals surface area contributed by atoms with Gasteiger partial charge in [-0.2, -0.15) is 0 Å². The van der Waals surface area contributed by atoms with Crippen molar-refractivity contribution in [3.63, 3.8) is 0 Å². The van der Waals surface area contributed by atoms with E-state index >= 15 is 0 Å². The van der Waals surface area contributed by atoms with Crippen molar-refractivity contribution in [2.24, 2.45) is 0 Å². The van der Waals surface area contributed by atoms with Crippen LogP contribution in [0.15, 0.2) is 30.3 Å². The monoisotopic (exact) mass is 334 g/mol. The van der Waals surface area contributed by atoms with Gasteiger partial charge in [0.1, 0.15) is 24.9 Å². The van der Waals surface area contributed by atoms with E-state index in [1.807, 2.05) is 0 Å². The molecule has 8 nitrogen and oxygen atoms in total. The summed E-state index contributed by atoms with van der Waals surface area (Å²) in [4.78, 5) is 9.79. The van der Waals surface area contributed by atoms with Crippen molar-refractivity contribution in [2.45, 2.75) is 30.3 Å². The van der Waals surface area contributed by atoms with Gasteiger partial charge in [-0.25, -0.2) is 0 Å². The first-order valence-electron chi connectivity index (χ1n) is 6.64. The topological polar surface area (TPSA) is 137 Å². The highest BCUT2D eigenvalue weighted by Crippen LogP contribution is 2.46. The molecule has 0 spiro atoms. The Kier molecular flexibility index (Phi) is 5.37. The highest BCUT2D eigenvalue weighted by Gasteiger charge is 2.49. The molecular formula is C13H19O8P. The van der Waals surface area contributed by atoms with Crippen LogP contribution < -0.4 is 0 Å². The van der Waals surface area contributed by atoms with Crippen LogP contribution in [0.4, 0.5) is 0 Å². The zero-order chi connectivity index (χ0) is 16.4. The average molecular weight is 334 g/mol. The van der Waals surface area contributed by atoms with Crippen molar-refractivity contribution in [3.8, 4) is 0 Å². The van der Waals surface area contributed by atoms with Crippen molar-refractivity contribution in [1.82, 2.24) is 0 Å². The van der Waals surface area contributed by atoms with Crippen molar-refractivity contribution < 1.29 is 39.1 Å². The van der Waals surface area contributed by atoms with Gasteiger partial charge in [0.15, 0.2) is 0 Å². The SMILES string of the molecule is O=P(O)(Cc1ccccc1)OCC1(O)OCC(O)C(O)C1O. The maximum atomic E-state index is 12.0. The molecule has 0 aromatic heterocycles. The molecule has 1 aliphatic heterocycles. The second kappa shape index (κ2) is 6.74. The lowest BCUT2D eigenvalue weighted by Gasteiger charge is -2.41. The minimum absolute atomic E-state index is 0.273. The smallest absolute Gasteiger partial charge is 0.332 e. The number of hydrogen-bond donors (Lipinski definition) is 5. The number of rotatable bonds is 5. The summed E-state index contributed by atoms with van der Waals surface area (Å²) in [6, 6.07) is 8.46.